The van der Waals surface area contributed by atoms with Gasteiger partial charge in [0, 0.05) is 34.1 Å². The number of hydrogen-bond donors (Lipinski definition) is 0. The van der Waals surface area contributed by atoms with Crippen molar-refractivity contribution in [3.8, 4) is 50.3 Å². The molecule has 0 saturated carbocycles. The first-order valence-corrected chi connectivity index (χ1v) is 23.7. The van der Waals surface area contributed by atoms with E-state index in [2.05, 4.69) is 242 Å². The molecule has 9 aromatic rings. The molecular weight excluding hydrogens is 811 g/mol. The van der Waals surface area contributed by atoms with Crippen LogP contribution in [0.25, 0.3) is 60.9 Å². The lowest BCUT2D eigenvalue weighted by atomic mass is 9.67. The fourth-order valence-corrected chi connectivity index (χ4v) is 12.2. The molecule has 2 heteroatoms. The Hall–Kier alpha value is -8.20. The Balaban J connectivity index is 0.957. The molecule has 5 aliphatic rings. The molecule has 3 atom stereocenters. The van der Waals surface area contributed by atoms with Crippen molar-refractivity contribution in [2.24, 2.45) is 0 Å². The molecule has 3 unspecified atom stereocenters. The highest BCUT2D eigenvalue weighted by atomic mass is 16.5. The number of benzene rings is 9. The van der Waals surface area contributed by atoms with Crippen LogP contribution in [0.1, 0.15) is 46.6 Å². The van der Waals surface area contributed by atoms with E-state index in [1.54, 1.807) is 0 Å². The number of allylic oxidation sites excluding steroid dienone is 6. The molecule has 14 rings (SSSR count). The minimum absolute atomic E-state index is 0.0434. The van der Waals surface area contributed by atoms with Crippen LogP contribution >= 0.6 is 0 Å². The Labute approximate surface area is 391 Å². The highest BCUT2D eigenvalue weighted by Gasteiger charge is 2.55. The Morgan fingerprint density at radius 2 is 1.09 bits per heavy atom. The van der Waals surface area contributed by atoms with Crippen LogP contribution in [0.15, 0.2) is 242 Å². The SMILES string of the molecule is C1=CC2Oc3c(cc4c(c3-c3ccc(N(c5ccc(-c6ccccc6)cc5)c5ccc(-c6cccc7ccccc67)cc5)cc3)C3(C5=C(CCC=C5)c5ccccc53)c3ccccc3-4)C2C=C1. The predicted molar refractivity (Wildman–Crippen MR) is 277 cm³/mol. The van der Waals surface area contributed by atoms with E-state index in [1.165, 1.54) is 88.7 Å². The molecule has 0 radical (unpaired) electrons. The predicted octanol–water partition coefficient (Wildman–Crippen LogP) is 16.7. The highest BCUT2D eigenvalue weighted by Crippen LogP contribution is 2.67. The average Bonchev–Trinajstić information content (AvgIpc) is 4.03. The molecule has 1 spiro atoms. The van der Waals surface area contributed by atoms with E-state index < -0.39 is 5.41 Å². The zero-order valence-corrected chi connectivity index (χ0v) is 36.9. The van der Waals surface area contributed by atoms with Crippen LogP contribution in [0.3, 0.4) is 0 Å². The highest BCUT2D eigenvalue weighted by molar-refractivity contribution is 6.02. The largest absolute Gasteiger partial charge is 0.484 e. The summed E-state index contributed by atoms with van der Waals surface area (Å²) in [4.78, 5) is 2.39. The summed E-state index contributed by atoms with van der Waals surface area (Å²) in [6.45, 7) is 0. The van der Waals surface area contributed by atoms with Crippen molar-refractivity contribution in [2.45, 2.75) is 30.3 Å². The molecule has 67 heavy (non-hydrogen) atoms. The van der Waals surface area contributed by atoms with Gasteiger partial charge in [-0.05, 0) is 144 Å². The van der Waals surface area contributed by atoms with Gasteiger partial charge in [-0.2, -0.15) is 0 Å². The zero-order valence-electron chi connectivity index (χ0n) is 36.9. The summed E-state index contributed by atoms with van der Waals surface area (Å²) in [5, 5.41) is 2.50. The molecule has 0 saturated heterocycles. The average molecular weight is 856 g/mol. The molecule has 0 aromatic heterocycles. The van der Waals surface area contributed by atoms with Crippen molar-refractivity contribution in [1.82, 2.24) is 0 Å². The molecule has 4 aliphatic carbocycles. The number of nitrogens with zero attached hydrogens (tertiary/aromatic N) is 1. The summed E-state index contributed by atoms with van der Waals surface area (Å²) in [7, 11) is 0. The lowest BCUT2D eigenvalue weighted by Gasteiger charge is -2.34. The normalized spacial score (nSPS) is 18.9. The van der Waals surface area contributed by atoms with Gasteiger partial charge in [-0.15, -0.1) is 0 Å². The number of fused-ring (bicyclic) bond motifs is 13. The Morgan fingerprint density at radius 1 is 0.493 bits per heavy atom. The van der Waals surface area contributed by atoms with Gasteiger partial charge in [0.2, 0.25) is 0 Å². The Morgan fingerprint density at radius 3 is 1.87 bits per heavy atom. The fourth-order valence-electron chi connectivity index (χ4n) is 12.2. The van der Waals surface area contributed by atoms with Gasteiger partial charge in [0.15, 0.2) is 0 Å². The summed E-state index contributed by atoms with van der Waals surface area (Å²) in [6, 6.07) is 74.1. The van der Waals surface area contributed by atoms with Gasteiger partial charge in [-0.1, -0.05) is 188 Å². The Kier molecular flexibility index (Phi) is 8.48. The summed E-state index contributed by atoms with van der Waals surface area (Å²) in [5.74, 6) is 1.16. The van der Waals surface area contributed by atoms with Gasteiger partial charge in [0.1, 0.15) is 11.9 Å². The fraction of sp³-hybridized carbons (Fsp3) is 0.0769. The minimum atomic E-state index is -0.473. The number of rotatable bonds is 6. The van der Waals surface area contributed by atoms with Crippen molar-refractivity contribution < 1.29 is 4.74 Å². The number of hydrogen-bond acceptors (Lipinski definition) is 2. The molecule has 9 aromatic carbocycles. The maximum absolute atomic E-state index is 7.20. The van der Waals surface area contributed by atoms with E-state index in [9.17, 15) is 0 Å². The molecule has 0 fully saturated rings. The molecule has 0 bridgehead atoms. The second kappa shape index (κ2) is 14.9. The number of ether oxygens (including phenoxy) is 1. The van der Waals surface area contributed by atoms with Crippen molar-refractivity contribution >= 4 is 33.4 Å². The molecule has 2 nitrogen and oxygen atoms in total. The number of anilines is 3. The third-order valence-electron chi connectivity index (χ3n) is 15.1. The van der Waals surface area contributed by atoms with Crippen LogP contribution in [0.5, 0.6) is 5.75 Å². The third-order valence-corrected chi connectivity index (χ3v) is 15.1. The van der Waals surface area contributed by atoms with Crippen LogP contribution < -0.4 is 9.64 Å². The van der Waals surface area contributed by atoms with Gasteiger partial charge in [-0.25, -0.2) is 0 Å². The standard InChI is InChI=1S/C65H45NO/c1-2-15-42(16-3-1)43-29-35-47(36-30-43)66(48-37-31-45(32-38-48)51-24-14-18-44-17-4-5-19-50(44)51)49-39-33-46(34-40-49)62-63-56(41-57-55-23-9-13-28-61(55)67-64(57)62)54-22-8-12-27-60(54)65(63)58-25-10-6-20-52(58)53-21-7-11-26-59(53)65/h1-6,8-20,22-41,55,61H,7,21H2. The zero-order chi connectivity index (χ0) is 44.1. The molecule has 1 aliphatic heterocycles. The van der Waals surface area contributed by atoms with Gasteiger partial charge >= 0.3 is 0 Å². The molecular formula is C65H45NO. The maximum atomic E-state index is 7.20. The van der Waals surface area contributed by atoms with E-state index >= 15 is 0 Å². The summed E-state index contributed by atoms with van der Waals surface area (Å²) < 4.78 is 7.20. The van der Waals surface area contributed by atoms with Crippen LogP contribution in [0, 0.1) is 0 Å². The first-order valence-electron chi connectivity index (χ1n) is 23.7. The van der Waals surface area contributed by atoms with E-state index in [1.807, 2.05) is 0 Å². The summed E-state index contributed by atoms with van der Waals surface area (Å²) in [6.07, 6.45) is 15.8. The Bertz CT molecular complexity index is 3590. The topological polar surface area (TPSA) is 12.5 Å². The van der Waals surface area contributed by atoms with E-state index in [4.69, 9.17) is 4.74 Å². The van der Waals surface area contributed by atoms with Crippen LogP contribution in [0.4, 0.5) is 17.1 Å². The maximum Gasteiger partial charge on any atom is 0.132 e. The lowest BCUT2D eigenvalue weighted by molar-refractivity contribution is 0.269. The first kappa shape index (κ1) is 38.1. The third kappa shape index (κ3) is 5.63. The van der Waals surface area contributed by atoms with Gasteiger partial charge < -0.3 is 9.64 Å². The molecule has 316 valence electrons. The van der Waals surface area contributed by atoms with Crippen LogP contribution in [0.2, 0.25) is 0 Å². The van der Waals surface area contributed by atoms with Gasteiger partial charge in [0.05, 0.1) is 5.41 Å². The lowest BCUT2D eigenvalue weighted by Crippen LogP contribution is -2.28. The van der Waals surface area contributed by atoms with Gasteiger partial charge in [0.25, 0.3) is 0 Å². The smallest absolute Gasteiger partial charge is 0.132 e. The minimum Gasteiger partial charge on any atom is -0.484 e. The molecule has 0 amide bonds. The quantitative estimate of drug-likeness (QED) is 0.165. The summed E-state index contributed by atoms with van der Waals surface area (Å²) in [5.41, 5.74) is 22.2. The monoisotopic (exact) mass is 855 g/mol. The van der Waals surface area contributed by atoms with Crippen LogP contribution in [-0.2, 0) is 5.41 Å². The molecule has 0 N–H and O–H groups in total. The first-order chi connectivity index (χ1) is 33.2. The second-order valence-corrected chi connectivity index (χ2v) is 18.5. The molecule has 1 heterocycles. The van der Waals surface area contributed by atoms with E-state index in [0.717, 1.165) is 41.2 Å². The summed E-state index contributed by atoms with van der Waals surface area (Å²) >= 11 is 0. The second-order valence-electron chi connectivity index (χ2n) is 18.5. The van der Waals surface area contributed by atoms with Crippen molar-refractivity contribution in [3.05, 3.63) is 270 Å². The van der Waals surface area contributed by atoms with Gasteiger partial charge in [-0.3, -0.25) is 0 Å². The van der Waals surface area contributed by atoms with Crippen molar-refractivity contribution in [2.75, 3.05) is 4.90 Å². The van der Waals surface area contributed by atoms with E-state index in [0.29, 0.717) is 0 Å². The van der Waals surface area contributed by atoms with Crippen molar-refractivity contribution in [1.29, 1.82) is 0 Å². The van der Waals surface area contributed by atoms with E-state index in [-0.39, 0.29) is 12.0 Å². The van der Waals surface area contributed by atoms with Crippen LogP contribution in [-0.4, -0.2) is 6.10 Å². The van der Waals surface area contributed by atoms with Crippen molar-refractivity contribution in [3.63, 3.8) is 0 Å².